The summed E-state index contributed by atoms with van der Waals surface area (Å²) in [4.78, 5) is 78.0. The van der Waals surface area contributed by atoms with Gasteiger partial charge in [0.2, 0.25) is 0 Å². The molecule has 16 nitrogen and oxygen atoms in total. The molecular weight excluding hydrogens is 692 g/mol. The minimum atomic E-state index is -2.25. The number of Topliss-reactive ketones (excluding diaryl/α,β-unsaturated/α-hetero) is 1. The molecule has 2 saturated carbocycles. The van der Waals surface area contributed by atoms with Crippen molar-refractivity contribution >= 4 is 29.9 Å². The van der Waals surface area contributed by atoms with E-state index in [1.807, 2.05) is 0 Å². The largest absolute Gasteiger partial charge is 0.455 e. The van der Waals surface area contributed by atoms with E-state index in [9.17, 15) is 29.4 Å². The van der Waals surface area contributed by atoms with Crippen molar-refractivity contribution in [2.24, 2.45) is 16.7 Å². The third kappa shape index (κ3) is 5.41. The predicted octanol–water partition coefficient (Wildman–Crippen LogP) is 2.86. The van der Waals surface area contributed by atoms with E-state index in [2.05, 4.69) is 9.97 Å². The lowest BCUT2D eigenvalue weighted by molar-refractivity contribution is -0.345. The molecule has 0 radical (unpaired) electrons. The lowest BCUT2D eigenvalue weighted by Gasteiger charge is -2.67. The monoisotopic (exact) mass is 732 g/mol. The molecule has 280 valence electrons. The van der Waals surface area contributed by atoms with Crippen LogP contribution in [0.3, 0.4) is 0 Å². The first-order chi connectivity index (χ1) is 25.1. The first-order valence-corrected chi connectivity index (χ1v) is 17.2. The SMILES string of the molecule is CC(=O)O[C@@]12CO[C@@H]1C[C@H](OC(=O)n1ccnc1)[C@@]1(C)C(=O)[C@H](OC(=O)n3ccnc3)C3=C(C)[C@@H](O)C[C@@](O)([C@@H](OC(=O)c4ccccc4)[C@H]21)C3(C)C. The zero-order valence-electron chi connectivity index (χ0n) is 29.7. The molecule has 1 aliphatic heterocycles. The van der Waals surface area contributed by atoms with Crippen molar-refractivity contribution in [3.05, 3.63) is 84.5 Å². The highest BCUT2D eigenvalue weighted by Gasteiger charge is 2.79. The Morgan fingerprint density at radius 3 is 2.11 bits per heavy atom. The van der Waals surface area contributed by atoms with E-state index in [1.165, 1.54) is 63.4 Å². The number of aromatic nitrogens is 4. The van der Waals surface area contributed by atoms with Crippen LogP contribution >= 0.6 is 0 Å². The molecule has 3 fully saturated rings. The van der Waals surface area contributed by atoms with E-state index in [0.29, 0.717) is 0 Å². The minimum absolute atomic E-state index is 0.0610. The standard InChI is InChI=1S/C37H40N4O12/c1-20-23(43)16-37(48)30(52-31(45)22-9-7-6-8-10-22)28-35(5,29(44)27(26(20)34(37,3)4)51-33(47)41-14-12-39-19-41)24(50-32(46)40-13-11-38-18-40)15-25-36(28,17-49-25)53-21(2)42/h6-14,18-19,23-25,27-28,30,43,48H,15-17H2,1-5H3/t23-,24-,25+,27+,28-,30-,35+,36-,37+/m0/s1. The number of rotatable bonds is 5. The van der Waals surface area contributed by atoms with Gasteiger partial charge in [0.1, 0.15) is 36.6 Å². The third-order valence-corrected chi connectivity index (χ3v) is 11.8. The number of fused-ring (bicyclic) bond motifs is 5. The maximum absolute atomic E-state index is 15.8. The summed E-state index contributed by atoms with van der Waals surface area (Å²) in [6.45, 7) is 7.10. The number of ketones is 1. The zero-order valence-corrected chi connectivity index (χ0v) is 29.7. The fourth-order valence-electron chi connectivity index (χ4n) is 8.97. The molecular formula is C37H40N4O12. The van der Waals surface area contributed by atoms with Crippen molar-refractivity contribution in [2.75, 3.05) is 6.61 Å². The van der Waals surface area contributed by atoms with Crippen molar-refractivity contribution in [1.82, 2.24) is 19.1 Å². The highest BCUT2D eigenvalue weighted by molar-refractivity contribution is 5.96. The van der Waals surface area contributed by atoms with Gasteiger partial charge in [-0.25, -0.2) is 33.5 Å². The van der Waals surface area contributed by atoms with Crippen LogP contribution in [0.2, 0.25) is 0 Å². The number of carbonyl (C=O) groups is 5. The zero-order chi connectivity index (χ0) is 38.1. The smallest absolute Gasteiger partial charge is 0.420 e. The third-order valence-electron chi connectivity index (χ3n) is 11.8. The van der Waals surface area contributed by atoms with Crippen molar-refractivity contribution in [3.63, 3.8) is 0 Å². The predicted molar refractivity (Wildman–Crippen MR) is 179 cm³/mol. The molecule has 4 aliphatic rings. The summed E-state index contributed by atoms with van der Waals surface area (Å²) < 4.78 is 32.6. The van der Waals surface area contributed by atoms with Crippen LogP contribution in [0.4, 0.5) is 9.59 Å². The number of aliphatic hydroxyl groups excluding tert-OH is 1. The van der Waals surface area contributed by atoms with Crippen LogP contribution in [0.25, 0.3) is 0 Å². The molecule has 3 aliphatic carbocycles. The highest BCUT2D eigenvalue weighted by Crippen LogP contribution is 2.64. The Labute approximate surface area is 303 Å². The maximum Gasteiger partial charge on any atom is 0.420 e. The van der Waals surface area contributed by atoms with Gasteiger partial charge in [-0.05, 0) is 37.1 Å². The fraction of sp³-hybridized carbons (Fsp3) is 0.486. The van der Waals surface area contributed by atoms with Gasteiger partial charge in [-0.1, -0.05) is 32.0 Å². The summed E-state index contributed by atoms with van der Waals surface area (Å²) in [5, 5.41) is 25.0. The van der Waals surface area contributed by atoms with E-state index < -0.39 is 94.8 Å². The molecule has 3 heterocycles. The van der Waals surface area contributed by atoms with Gasteiger partial charge in [0.25, 0.3) is 0 Å². The van der Waals surface area contributed by atoms with Gasteiger partial charge >= 0.3 is 24.1 Å². The van der Waals surface area contributed by atoms with E-state index in [1.54, 1.807) is 39.0 Å². The molecule has 0 amide bonds. The van der Waals surface area contributed by atoms with Gasteiger partial charge in [0, 0.05) is 50.0 Å². The van der Waals surface area contributed by atoms with Gasteiger partial charge in [-0.15, -0.1) is 0 Å². The summed E-state index contributed by atoms with van der Waals surface area (Å²) >= 11 is 0. The Hall–Kier alpha value is -5.19. The van der Waals surface area contributed by atoms with Gasteiger partial charge in [-0.2, -0.15) is 0 Å². The Kier molecular flexibility index (Phi) is 8.70. The number of carbonyl (C=O) groups excluding carboxylic acids is 5. The second-order valence-electron chi connectivity index (χ2n) is 14.8. The number of ether oxygens (including phenoxy) is 5. The average Bonchev–Trinajstić information content (AvgIpc) is 3.85. The van der Waals surface area contributed by atoms with E-state index in [0.717, 1.165) is 9.13 Å². The summed E-state index contributed by atoms with van der Waals surface area (Å²) in [6, 6.07) is 7.96. The first kappa shape index (κ1) is 36.2. The number of benzene rings is 1. The second kappa shape index (κ2) is 12.7. The van der Waals surface area contributed by atoms with Crippen LogP contribution in [-0.2, 0) is 33.3 Å². The number of hydrogen-bond donors (Lipinski definition) is 2. The molecule has 2 N–H and O–H groups in total. The van der Waals surface area contributed by atoms with Gasteiger partial charge in [0.15, 0.2) is 17.5 Å². The molecule has 16 heteroatoms. The molecule has 53 heavy (non-hydrogen) atoms. The Morgan fingerprint density at radius 2 is 1.57 bits per heavy atom. The van der Waals surface area contributed by atoms with Crippen molar-refractivity contribution in [3.8, 4) is 0 Å². The quantitative estimate of drug-likeness (QED) is 0.220. The Bertz CT molecular complexity index is 1980. The first-order valence-electron chi connectivity index (χ1n) is 17.2. The lowest BCUT2D eigenvalue weighted by atomic mass is 9.44. The maximum atomic E-state index is 15.8. The van der Waals surface area contributed by atoms with E-state index in [-0.39, 0.29) is 29.7 Å². The molecule has 1 aromatic carbocycles. The van der Waals surface area contributed by atoms with Crippen LogP contribution < -0.4 is 0 Å². The summed E-state index contributed by atoms with van der Waals surface area (Å²) in [6.07, 6.45) is -2.14. The van der Waals surface area contributed by atoms with Crippen LogP contribution in [0, 0.1) is 16.7 Å². The average molecular weight is 733 g/mol. The van der Waals surface area contributed by atoms with E-state index >= 15 is 4.79 Å². The van der Waals surface area contributed by atoms with Crippen LogP contribution in [0.5, 0.6) is 0 Å². The summed E-state index contributed by atoms with van der Waals surface area (Å²) in [5.74, 6) is -3.98. The Morgan fingerprint density at radius 1 is 0.943 bits per heavy atom. The summed E-state index contributed by atoms with van der Waals surface area (Å²) in [7, 11) is 0. The summed E-state index contributed by atoms with van der Waals surface area (Å²) in [5.41, 5.74) is -7.19. The lowest BCUT2D eigenvalue weighted by Crippen LogP contribution is -2.82. The van der Waals surface area contributed by atoms with Crippen LogP contribution in [0.15, 0.2) is 78.9 Å². The minimum Gasteiger partial charge on any atom is -0.455 e. The molecule has 1 saturated heterocycles. The van der Waals surface area contributed by atoms with Crippen molar-refractivity contribution < 1.29 is 57.9 Å². The van der Waals surface area contributed by atoms with Crippen LogP contribution in [-0.4, -0.2) is 108 Å². The van der Waals surface area contributed by atoms with Crippen LogP contribution in [0.1, 0.15) is 57.8 Å². The second-order valence-corrected chi connectivity index (χ2v) is 14.8. The van der Waals surface area contributed by atoms with Crippen molar-refractivity contribution in [2.45, 2.75) is 89.2 Å². The number of esters is 2. The normalized spacial score (nSPS) is 34.3. The Balaban J connectivity index is 1.51. The number of aliphatic hydroxyl groups is 2. The van der Waals surface area contributed by atoms with Crippen molar-refractivity contribution in [1.29, 1.82) is 0 Å². The number of nitrogens with zero attached hydrogens (tertiary/aromatic N) is 4. The molecule has 0 spiro atoms. The molecule has 2 bridgehead atoms. The molecule has 0 unspecified atom stereocenters. The topological polar surface area (TPSA) is 208 Å². The van der Waals surface area contributed by atoms with Gasteiger partial charge in [0.05, 0.1) is 29.6 Å². The molecule has 7 rings (SSSR count). The molecule has 3 aromatic rings. The highest BCUT2D eigenvalue weighted by atomic mass is 16.6. The molecule has 2 aromatic heterocycles. The van der Waals surface area contributed by atoms with Gasteiger partial charge in [-0.3, -0.25) is 9.59 Å². The van der Waals surface area contributed by atoms with E-state index in [4.69, 9.17) is 23.7 Å². The fourth-order valence-corrected chi connectivity index (χ4v) is 8.97. The van der Waals surface area contributed by atoms with Gasteiger partial charge < -0.3 is 33.9 Å². The number of hydrogen-bond acceptors (Lipinski definition) is 14. The molecule has 9 atom stereocenters. The number of imidazole rings is 2.